The molecule has 92 valence electrons. The number of ketones is 1. The SMILES string of the molecule is CC(C)C(C)C(=O)c1cc(Cl)cc2c1OCC2. The number of rotatable bonds is 3. The summed E-state index contributed by atoms with van der Waals surface area (Å²) in [5, 5.41) is 0.619. The zero-order chi connectivity index (χ0) is 12.6. The molecule has 2 nitrogen and oxygen atoms in total. The minimum absolute atomic E-state index is 0.0123. The first-order chi connectivity index (χ1) is 8.00. The van der Waals surface area contributed by atoms with Crippen molar-refractivity contribution in [1.29, 1.82) is 0 Å². The molecule has 0 amide bonds. The summed E-state index contributed by atoms with van der Waals surface area (Å²) >= 11 is 6.05. The minimum Gasteiger partial charge on any atom is -0.492 e. The van der Waals surface area contributed by atoms with Gasteiger partial charge >= 0.3 is 0 Å². The van der Waals surface area contributed by atoms with E-state index in [4.69, 9.17) is 16.3 Å². The molecule has 0 aromatic heterocycles. The molecular weight excluding hydrogens is 236 g/mol. The molecule has 1 atom stereocenters. The number of halogens is 1. The van der Waals surface area contributed by atoms with E-state index in [1.165, 1.54) is 0 Å². The number of ether oxygens (including phenoxy) is 1. The summed E-state index contributed by atoms with van der Waals surface area (Å²) in [5.41, 5.74) is 1.70. The molecule has 0 bridgehead atoms. The fourth-order valence-electron chi connectivity index (χ4n) is 2.00. The molecule has 0 saturated heterocycles. The topological polar surface area (TPSA) is 26.3 Å². The molecule has 3 heteroatoms. The molecule has 1 aromatic rings. The maximum Gasteiger partial charge on any atom is 0.169 e. The van der Waals surface area contributed by atoms with Crippen molar-refractivity contribution in [1.82, 2.24) is 0 Å². The standard InChI is InChI=1S/C14H17ClO2/c1-8(2)9(3)13(16)12-7-11(15)6-10-4-5-17-14(10)12/h6-9H,4-5H2,1-3H3. The summed E-state index contributed by atoms with van der Waals surface area (Å²) in [6, 6.07) is 3.62. The van der Waals surface area contributed by atoms with Crippen molar-refractivity contribution in [3.63, 3.8) is 0 Å². The lowest BCUT2D eigenvalue weighted by atomic mass is 9.88. The first kappa shape index (κ1) is 12.4. The van der Waals surface area contributed by atoms with E-state index in [-0.39, 0.29) is 11.7 Å². The van der Waals surface area contributed by atoms with Gasteiger partial charge in [-0.05, 0) is 23.6 Å². The third kappa shape index (κ3) is 2.32. The summed E-state index contributed by atoms with van der Waals surface area (Å²) in [5.74, 6) is 1.17. The molecule has 17 heavy (non-hydrogen) atoms. The van der Waals surface area contributed by atoms with Crippen molar-refractivity contribution < 1.29 is 9.53 Å². The van der Waals surface area contributed by atoms with Crippen LogP contribution in [-0.2, 0) is 6.42 Å². The van der Waals surface area contributed by atoms with E-state index in [2.05, 4.69) is 0 Å². The quantitative estimate of drug-likeness (QED) is 0.766. The van der Waals surface area contributed by atoms with E-state index in [1.807, 2.05) is 26.8 Å². The third-order valence-corrected chi connectivity index (χ3v) is 3.65. The van der Waals surface area contributed by atoms with Crippen molar-refractivity contribution in [3.05, 3.63) is 28.3 Å². The summed E-state index contributed by atoms with van der Waals surface area (Å²) in [7, 11) is 0. The van der Waals surface area contributed by atoms with Crippen molar-refractivity contribution in [2.45, 2.75) is 27.2 Å². The molecular formula is C14H17ClO2. The summed E-state index contributed by atoms with van der Waals surface area (Å²) < 4.78 is 5.56. The highest BCUT2D eigenvalue weighted by atomic mass is 35.5. The molecule has 1 aliphatic heterocycles. The van der Waals surface area contributed by atoms with Crippen molar-refractivity contribution in [2.75, 3.05) is 6.61 Å². The first-order valence-electron chi connectivity index (χ1n) is 6.00. The molecule has 0 N–H and O–H groups in total. The molecule has 0 radical (unpaired) electrons. The monoisotopic (exact) mass is 252 g/mol. The molecule has 1 heterocycles. The Balaban J connectivity index is 2.42. The smallest absolute Gasteiger partial charge is 0.169 e. The lowest BCUT2D eigenvalue weighted by Gasteiger charge is -2.16. The van der Waals surface area contributed by atoms with Gasteiger partial charge in [0.15, 0.2) is 5.78 Å². The Hall–Kier alpha value is -1.02. The van der Waals surface area contributed by atoms with E-state index in [1.54, 1.807) is 6.07 Å². The van der Waals surface area contributed by atoms with Gasteiger partial charge in [0, 0.05) is 17.4 Å². The molecule has 0 fully saturated rings. The van der Waals surface area contributed by atoms with Crippen LogP contribution in [0.3, 0.4) is 0 Å². The van der Waals surface area contributed by atoms with Crippen LogP contribution >= 0.6 is 11.6 Å². The van der Waals surface area contributed by atoms with E-state index < -0.39 is 0 Å². The molecule has 0 spiro atoms. The van der Waals surface area contributed by atoms with Crippen LogP contribution in [0.5, 0.6) is 5.75 Å². The summed E-state index contributed by atoms with van der Waals surface area (Å²) in [6.07, 6.45) is 0.840. The second-order valence-corrected chi connectivity index (χ2v) is 5.37. The maximum atomic E-state index is 12.4. The zero-order valence-corrected chi connectivity index (χ0v) is 11.2. The molecule has 1 aromatic carbocycles. The summed E-state index contributed by atoms with van der Waals surface area (Å²) in [6.45, 7) is 6.70. The van der Waals surface area contributed by atoms with Crippen molar-refractivity contribution in [3.8, 4) is 5.75 Å². The van der Waals surface area contributed by atoms with Crippen LogP contribution in [0.4, 0.5) is 0 Å². The number of carbonyl (C=O) groups is 1. The number of hydrogen-bond acceptors (Lipinski definition) is 2. The highest BCUT2D eigenvalue weighted by Gasteiger charge is 2.26. The number of benzene rings is 1. The predicted molar refractivity (Wildman–Crippen MR) is 69.0 cm³/mol. The Morgan fingerprint density at radius 1 is 1.35 bits per heavy atom. The Kier molecular flexibility index (Phi) is 3.43. The van der Waals surface area contributed by atoms with Gasteiger partial charge in [0.05, 0.1) is 12.2 Å². The van der Waals surface area contributed by atoms with Crippen LogP contribution < -0.4 is 4.74 Å². The van der Waals surface area contributed by atoms with Gasteiger partial charge in [0.2, 0.25) is 0 Å². The second-order valence-electron chi connectivity index (χ2n) is 4.94. The fourth-order valence-corrected chi connectivity index (χ4v) is 2.24. The number of hydrogen-bond donors (Lipinski definition) is 0. The van der Waals surface area contributed by atoms with E-state index in [9.17, 15) is 4.79 Å². The molecule has 0 aliphatic carbocycles. The van der Waals surface area contributed by atoms with Crippen LogP contribution in [-0.4, -0.2) is 12.4 Å². The van der Waals surface area contributed by atoms with Gasteiger partial charge in [-0.15, -0.1) is 0 Å². The average Bonchev–Trinajstić information content (AvgIpc) is 2.73. The van der Waals surface area contributed by atoms with Crippen molar-refractivity contribution in [2.24, 2.45) is 11.8 Å². The molecule has 1 unspecified atom stereocenters. The van der Waals surface area contributed by atoms with E-state index in [0.717, 1.165) is 17.7 Å². The van der Waals surface area contributed by atoms with Crippen LogP contribution in [0.15, 0.2) is 12.1 Å². The van der Waals surface area contributed by atoms with Gasteiger partial charge in [0.1, 0.15) is 5.75 Å². The van der Waals surface area contributed by atoms with E-state index in [0.29, 0.717) is 23.1 Å². The fraction of sp³-hybridized carbons (Fsp3) is 0.500. The number of Topliss-reactive ketones (excluding diaryl/α,β-unsaturated/α-hetero) is 1. The Morgan fingerprint density at radius 3 is 2.71 bits per heavy atom. The molecule has 1 aliphatic rings. The minimum atomic E-state index is -0.0123. The van der Waals surface area contributed by atoms with Gasteiger partial charge in [-0.2, -0.15) is 0 Å². The first-order valence-corrected chi connectivity index (χ1v) is 6.38. The normalized spacial score (nSPS) is 15.6. The Labute approximate surface area is 107 Å². The van der Waals surface area contributed by atoms with E-state index >= 15 is 0 Å². The number of carbonyl (C=O) groups excluding carboxylic acids is 1. The third-order valence-electron chi connectivity index (χ3n) is 3.43. The highest BCUT2D eigenvalue weighted by Crippen LogP contribution is 2.35. The van der Waals surface area contributed by atoms with Crippen LogP contribution in [0.25, 0.3) is 0 Å². The van der Waals surface area contributed by atoms with Gasteiger partial charge in [-0.1, -0.05) is 32.4 Å². The Bertz CT molecular complexity index is 452. The molecule has 0 saturated carbocycles. The predicted octanol–water partition coefficient (Wildman–Crippen LogP) is 3.75. The summed E-state index contributed by atoms with van der Waals surface area (Å²) in [4.78, 5) is 12.4. The van der Waals surface area contributed by atoms with Gasteiger partial charge in [-0.25, -0.2) is 0 Å². The average molecular weight is 253 g/mol. The largest absolute Gasteiger partial charge is 0.492 e. The second kappa shape index (κ2) is 4.69. The van der Waals surface area contributed by atoms with Gasteiger partial charge < -0.3 is 4.74 Å². The Morgan fingerprint density at radius 2 is 2.06 bits per heavy atom. The number of fused-ring (bicyclic) bond motifs is 1. The van der Waals surface area contributed by atoms with Crippen LogP contribution in [0.2, 0.25) is 5.02 Å². The van der Waals surface area contributed by atoms with Gasteiger partial charge in [0.25, 0.3) is 0 Å². The highest BCUT2D eigenvalue weighted by molar-refractivity contribution is 6.31. The lowest BCUT2D eigenvalue weighted by molar-refractivity contribution is 0.0896. The molecule has 2 rings (SSSR count). The zero-order valence-electron chi connectivity index (χ0n) is 10.4. The lowest BCUT2D eigenvalue weighted by Crippen LogP contribution is -2.17. The van der Waals surface area contributed by atoms with Gasteiger partial charge in [-0.3, -0.25) is 4.79 Å². The van der Waals surface area contributed by atoms with Crippen LogP contribution in [0.1, 0.15) is 36.7 Å². The van der Waals surface area contributed by atoms with Crippen molar-refractivity contribution >= 4 is 17.4 Å². The maximum absolute atomic E-state index is 12.4. The van der Waals surface area contributed by atoms with Crippen LogP contribution in [0, 0.1) is 11.8 Å².